The zero-order valence-electron chi connectivity index (χ0n) is 14.8. The Kier molecular flexibility index (Phi) is 6.30. The summed E-state index contributed by atoms with van der Waals surface area (Å²) in [5.74, 6) is 4.02. The minimum absolute atomic E-state index is 0.0885. The van der Waals surface area contributed by atoms with E-state index in [4.69, 9.17) is 10.6 Å². The highest BCUT2D eigenvalue weighted by atomic mass is 32.2. The van der Waals surface area contributed by atoms with E-state index in [9.17, 15) is 33.4 Å². The van der Waals surface area contributed by atoms with Gasteiger partial charge in [-0.3, -0.25) is 34.8 Å². The molecule has 3 N–H and O–H groups in total. The van der Waals surface area contributed by atoms with Crippen molar-refractivity contribution in [2.45, 2.75) is 4.90 Å². The summed E-state index contributed by atoms with van der Waals surface area (Å²) in [4.78, 5) is 31.9. The summed E-state index contributed by atoms with van der Waals surface area (Å²) < 4.78 is 31.9. The molecule has 0 aliphatic rings. The zero-order chi connectivity index (χ0) is 21.8. The van der Waals surface area contributed by atoms with Crippen molar-refractivity contribution in [2.24, 2.45) is 5.84 Å². The van der Waals surface area contributed by atoms with E-state index < -0.39 is 48.6 Å². The molecule has 154 valence electrons. The minimum atomic E-state index is -4.58. The summed E-state index contributed by atoms with van der Waals surface area (Å²) in [5, 5.41) is 22.1. The van der Waals surface area contributed by atoms with Gasteiger partial charge in [-0.05, 0) is 12.1 Å². The second kappa shape index (κ2) is 8.49. The second-order valence-electron chi connectivity index (χ2n) is 5.45. The van der Waals surface area contributed by atoms with Gasteiger partial charge in [0, 0.05) is 24.3 Å². The Hall–Kier alpha value is -3.78. The van der Waals surface area contributed by atoms with Gasteiger partial charge in [0.25, 0.3) is 27.3 Å². The number of non-ortho nitro benzene ring substituents is 2. The van der Waals surface area contributed by atoms with E-state index >= 15 is 0 Å². The van der Waals surface area contributed by atoms with Gasteiger partial charge in [-0.1, -0.05) is 6.07 Å². The summed E-state index contributed by atoms with van der Waals surface area (Å²) in [5.41, 5.74) is 0.479. The highest BCUT2D eigenvalue weighted by Crippen LogP contribution is 2.35. The molecule has 13 nitrogen and oxygen atoms in total. The van der Waals surface area contributed by atoms with Crippen molar-refractivity contribution in [3.63, 3.8) is 0 Å². The van der Waals surface area contributed by atoms with E-state index in [1.165, 1.54) is 7.11 Å². The Morgan fingerprint density at radius 3 is 2.31 bits per heavy atom. The fourth-order valence-corrected chi connectivity index (χ4v) is 3.81. The summed E-state index contributed by atoms with van der Waals surface area (Å²) in [7, 11) is -3.38. The number of hydrogen-bond donors (Lipinski definition) is 2. The van der Waals surface area contributed by atoms with Crippen LogP contribution in [0.3, 0.4) is 0 Å². The lowest BCUT2D eigenvalue weighted by Gasteiger charge is -2.25. The lowest BCUT2D eigenvalue weighted by molar-refractivity contribution is -0.385. The number of rotatable bonds is 8. The number of nitro benzene ring substituents is 2. The second-order valence-corrected chi connectivity index (χ2v) is 7.31. The van der Waals surface area contributed by atoms with Crippen molar-refractivity contribution in [3.05, 3.63) is 62.7 Å². The lowest BCUT2D eigenvalue weighted by atomic mass is 10.2. The maximum absolute atomic E-state index is 13.2. The molecule has 2 aromatic rings. The molecule has 0 fully saturated rings. The predicted octanol–water partition coefficient (Wildman–Crippen LogP) is 0.697. The first-order chi connectivity index (χ1) is 13.6. The third kappa shape index (κ3) is 4.56. The number of amides is 1. The molecule has 0 aliphatic carbocycles. The maximum atomic E-state index is 13.2. The van der Waals surface area contributed by atoms with Gasteiger partial charge in [0.1, 0.15) is 18.0 Å². The molecule has 2 aromatic carbocycles. The lowest BCUT2D eigenvalue weighted by Crippen LogP contribution is -2.43. The molecule has 0 saturated carbocycles. The summed E-state index contributed by atoms with van der Waals surface area (Å²) in [6.07, 6.45) is 0. The van der Waals surface area contributed by atoms with Gasteiger partial charge < -0.3 is 4.74 Å². The molecule has 0 aromatic heterocycles. The monoisotopic (exact) mass is 425 g/mol. The van der Waals surface area contributed by atoms with Crippen molar-refractivity contribution >= 4 is 33.0 Å². The van der Waals surface area contributed by atoms with Crippen molar-refractivity contribution in [1.82, 2.24) is 5.43 Å². The van der Waals surface area contributed by atoms with Crippen LogP contribution in [0.1, 0.15) is 0 Å². The quantitative estimate of drug-likeness (QED) is 0.265. The van der Waals surface area contributed by atoms with Crippen LogP contribution in [0.4, 0.5) is 17.1 Å². The number of sulfonamides is 1. The number of hydrazine groups is 1. The molecule has 0 bridgehead atoms. The number of ether oxygens (including phenoxy) is 1. The highest BCUT2D eigenvalue weighted by molar-refractivity contribution is 7.92. The summed E-state index contributed by atoms with van der Waals surface area (Å²) >= 11 is 0. The Bertz CT molecular complexity index is 1070. The Labute approximate surface area is 164 Å². The Morgan fingerprint density at radius 2 is 1.76 bits per heavy atom. The first-order valence-corrected chi connectivity index (χ1v) is 9.15. The van der Waals surface area contributed by atoms with E-state index in [1.807, 2.05) is 0 Å². The fraction of sp³-hybridized carbons (Fsp3) is 0.133. The summed E-state index contributed by atoms with van der Waals surface area (Å²) in [6.45, 7) is -0.862. The molecule has 0 heterocycles. The molecule has 29 heavy (non-hydrogen) atoms. The zero-order valence-corrected chi connectivity index (χ0v) is 15.7. The van der Waals surface area contributed by atoms with E-state index in [2.05, 4.69) is 0 Å². The Morgan fingerprint density at radius 1 is 1.14 bits per heavy atom. The van der Waals surface area contributed by atoms with Crippen molar-refractivity contribution < 1.29 is 27.8 Å². The average Bonchev–Trinajstić information content (AvgIpc) is 2.71. The number of hydrogen-bond acceptors (Lipinski definition) is 9. The van der Waals surface area contributed by atoms with Crippen LogP contribution in [0.15, 0.2) is 47.4 Å². The van der Waals surface area contributed by atoms with E-state index in [1.54, 1.807) is 5.43 Å². The first kappa shape index (κ1) is 21.5. The molecule has 0 unspecified atom stereocenters. The number of nitrogens with zero attached hydrogens (tertiary/aromatic N) is 3. The van der Waals surface area contributed by atoms with Gasteiger partial charge in [0.15, 0.2) is 0 Å². The highest BCUT2D eigenvalue weighted by Gasteiger charge is 2.31. The van der Waals surface area contributed by atoms with Gasteiger partial charge in [0.05, 0.1) is 21.9 Å². The van der Waals surface area contributed by atoms with Crippen LogP contribution in [-0.2, 0) is 14.8 Å². The molecule has 14 heteroatoms. The SMILES string of the molecule is COc1ccc([N+](=O)[O-])cc1N(CC(=O)NN)S(=O)(=O)c1cccc([N+](=O)[O-])c1. The van der Waals surface area contributed by atoms with Crippen LogP contribution in [0.5, 0.6) is 5.75 Å². The largest absolute Gasteiger partial charge is 0.495 e. The number of nitrogens with two attached hydrogens (primary N) is 1. The number of nitro groups is 2. The summed E-state index contributed by atoms with van der Waals surface area (Å²) in [6, 6.07) is 7.26. The molecule has 2 rings (SSSR count). The normalized spacial score (nSPS) is 10.8. The molecular weight excluding hydrogens is 410 g/mol. The smallest absolute Gasteiger partial charge is 0.271 e. The van der Waals surface area contributed by atoms with Crippen LogP contribution in [0, 0.1) is 20.2 Å². The van der Waals surface area contributed by atoms with Crippen molar-refractivity contribution in [3.8, 4) is 5.75 Å². The molecule has 0 radical (unpaired) electrons. The minimum Gasteiger partial charge on any atom is -0.495 e. The van der Waals surface area contributed by atoms with Gasteiger partial charge in [-0.2, -0.15) is 0 Å². The number of methoxy groups -OCH3 is 1. The van der Waals surface area contributed by atoms with Crippen LogP contribution in [0.25, 0.3) is 0 Å². The molecule has 0 saturated heterocycles. The Balaban J connectivity index is 2.72. The average molecular weight is 425 g/mol. The van der Waals surface area contributed by atoms with Gasteiger partial charge in [0.2, 0.25) is 0 Å². The third-order valence-corrected chi connectivity index (χ3v) is 5.46. The van der Waals surface area contributed by atoms with Gasteiger partial charge >= 0.3 is 0 Å². The number of carbonyl (C=O) groups is 1. The molecule has 0 atom stereocenters. The molecule has 0 spiro atoms. The number of nitrogens with one attached hydrogen (secondary N) is 1. The van der Waals surface area contributed by atoms with Crippen molar-refractivity contribution in [1.29, 1.82) is 0 Å². The standard InChI is InChI=1S/C15H15N5O8S/c1-28-14-6-5-11(20(24)25)8-13(14)18(9-15(21)17-16)29(26,27)12-4-2-3-10(7-12)19(22)23/h2-8H,9,16H2,1H3,(H,17,21). The van der Waals surface area contributed by atoms with Crippen LogP contribution >= 0.6 is 0 Å². The van der Waals surface area contributed by atoms with E-state index in [-0.39, 0.29) is 11.4 Å². The first-order valence-electron chi connectivity index (χ1n) is 7.71. The third-order valence-electron chi connectivity index (χ3n) is 3.71. The van der Waals surface area contributed by atoms with Crippen LogP contribution in [-0.4, -0.2) is 37.8 Å². The fourth-order valence-electron chi connectivity index (χ4n) is 2.35. The van der Waals surface area contributed by atoms with E-state index in [0.717, 1.165) is 42.5 Å². The van der Waals surface area contributed by atoms with Crippen LogP contribution < -0.4 is 20.3 Å². The predicted molar refractivity (Wildman–Crippen MR) is 99.6 cm³/mol. The topological polar surface area (TPSA) is 188 Å². The maximum Gasteiger partial charge on any atom is 0.271 e. The molecule has 0 aliphatic heterocycles. The van der Waals surface area contributed by atoms with Gasteiger partial charge in [-0.15, -0.1) is 0 Å². The molecule has 1 amide bonds. The number of anilines is 1. The van der Waals surface area contributed by atoms with Gasteiger partial charge in [-0.25, -0.2) is 14.3 Å². The number of benzene rings is 2. The van der Waals surface area contributed by atoms with E-state index in [0.29, 0.717) is 4.31 Å². The van der Waals surface area contributed by atoms with Crippen molar-refractivity contribution in [2.75, 3.05) is 18.0 Å². The molecular formula is C15H15N5O8S. The number of carbonyl (C=O) groups excluding carboxylic acids is 1. The van der Waals surface area contributed by atoms with Crippen LogP contribution in [0.2, 0.25) is 0 Å².